The Morgan fingerprint density at radius 2 is 0.980 bits per heavy atom. The predicted molar refractivity (Wildman–Crippen MR) is 200 cm³/mol. The fraction of sp³-hybridized carbons (Fsp3) is 0. The molecule has 5 heteroatoms. The van der Waals surface area contributed by atoms with Gasteiger partial charge in [0.25, 0.3) is 0 Å². The van der Waals surface area contributed by atoms with Gasteiger partial charge in [0.2, 0.25) is 0 Å². The first kappa shape index (κ1) is 27.4. The summed E-state index contributed by atoms with van der Waals surface area (Å²) in [6.45, 7) is 0. The first-order valence-electron chi connectivity index (χ1n) is 16.4. The minimum atomic E-state index is 0.900. The Balaban J connectivity index is 1.35. The second-order valence-electron chi connectivity index (χ2n) is 12.3. The van der Waals surface area contributed by atoms with Crippen LogP contribution in [0.5, 0.6) is 0 Å². The van der Waals surface area contributed by atoms with E-state index < -0.39 is 0 Å². The second-order valence-corrected chi connectivity index (χ2v) is 12.3. The number of hydrogen-bond donors (Lipinski definition) is 0. The number of imidazole rings is 1. The molecule has 0 spiro atoms. The van der Waals surface area contributed by atoms with E-state index in [1.165, 1.54) is 5.56 Å². The highest BCUT2D eigenvalue weighted by Crippen LogP contribution is 2.46. The largest absolute Gasteiger partial charge is 0.298 e. The Morgan fingerprint density at radius 3 is 1.59 bits per heavy atom. The fourth-order valence-corrected chi connectivity index (χ4v) is 7.40. The molecule has 10 rings (SSSR count). The Kier molecular flexibility index (Phi) is 6.11. The van der Waals surface area contributed by atoms with E-state index in [1.54, 1.807) is 0 Å². The van der Waals surface area contributed by atoms with Crippen LogP contribution in [-0.4, -0.2) is 24.3 Å². The summed E-state index contributed by atoms with van der Waals surface area (Å²) in [7, 11) is 0. The van der Waals surface area contributed by atoms with Crippen molar-refractivity contribution in [3.05, 3.63) is 164 Å². The number of hydrogen-bond acceptors (Lipinski definition) is 4. The molecule has 0 fully saturated rings. The van der Waals surface area contributed by atoms with Crippen molar-refractivity contribution >= 4 is 49.1 Å². The summed E-state index contributed by atoms with van der Waals surface area (Å²) in [6.07, 6.45) is 9.58. The van der Waals surface area contributed by atoms with Crippen LogP contribution >= 0.6 is 0 Å². The van der Waals surface area contributed by atoms with Gasteiger partial charge < -0.3 is 0 Å². The maximum absolute atomic E-state index is 5.43. The first-order valence-corrected chi connectivity index (χ1v) is 16.4. The van der Waals surface area contributed by atoms with Gasteiger partial charge in [-0.3, -0.25) is 14.4 Å². The third-order valence-corrected chi connectivity index (χ3v) is 9.53. The second kappa shape index (κ2) is 10.9. The molecular weight excluding hydrogens is 599 g/mol. The zero-order valence-electron chi connectivity index (χ0n) is 26.3. The van der Waals surface area contributed by atoms with Crippen LogP contribution in [-0.2, 0) is 0 Å². The molecule has 10 aromatic rings. The minimum Gasteiger partial charge on any atom is -0.298 e. The standard InChI is InChI=1S/C44H27N5/c1-3-15-35-33(13-1)40(32-24-30(28-11-9-20-45-26-28)23-31(25-32)29-12-10-21-46-27-29)34-14-2-4-16-36(34)41(35)43-44-42(37-17-5-6-18-38(37)47-43)48-39-19-7-8-22-49(39)44/h1-27H. The highest BCUT2D eigenvalue weighted by Gasteiger charge is 2.23. The van der Waals surface area contributed by atoms with Crippen molar-refractivity contribution in [2.24, 2.45) is 0 Å². The molecule has 0 atom stereocenters. The van der Waals surface area contributed by atoms with Crippen LogP contribution in [0.2, 0.25) is 0 Å². The number of pyridine rings is 4. The number of rotatable bonds is 4. The lowest BCUT2D eigenvalue weighted by Gasteiger charge is -2.19. The van der Waals surface area contributed by atoms with Crippen molar-refractivity contribution in [1.29, 1.82) is 0 Å². The molecule has 0 bridgehead atoms. The number of fused-ring (bicyclic) bond motifs is 7. The van der Waals surface area contributed by atoms with E-state index in [0.717, 1.165) is 88.2 Å². The van der Waals surface area contributed by atoms with Gasteiger partial charge in [-0.25, -0.2) is 9.97 Å². The smallest absolute Gasteiger partial charge is 0.137 e. The summed E-state index contributed by atoms with van der Waals surface area (Å²) in [6, 6.07) is 47.0. The molecule has 5 aromatic heterocycles. The predicted octanol–water partition coefficient (Wildman–Crippen LogP) is 10.8. The summed E-state index contributed by atoms with van der Waals surface area (Å²) in [5.41, 5.74) is 12.5. The lowest BCUT2D eigenvalue weighted by atomic mass is 9.85. The van der Waals surface area contributed by atoms with Crippen LogP contribution in [0.1, 0.15) is 0 Å². The molecule has 228 valence electrons. The Morgan fingerprint density at radius 1 is 0.429 bits per heavy atom. The van der Waals surface area contributed by atoms with E-state index in [0.29, 0.717) is 0 Å². The summed E-state index contributed by atoms with van der Waals surface area (Å²) in [5.74, 6) is 0. The zero-order chi connectivity index (χ0) is 32.3. The van der Waals surface area contributed by atoms with Crippen LogP contribution in [0, 0.1) is 0 Å². The Hall–Kier alpha value is -6.72. The lowest BCUT2D eigenvalue weighted by Crippen LogP contribution is -1.96. The van der Waals surface area contributed by atoms with Crippen molar-refractivity contribution in [2.75, 3.05) is 0 Å². The SMILES string of the molecule is c1cncc(-c2cc(-c3cccnc3)cc(-c3c4ccccc4c(-c4nc5ccccc5c5nc6ccccn6c45)c4ccccc34)c2)c1. The van der Waals surface area contributed by atoms with Gasteiger partial charge in [-0.1, -0.05) is 84.9 Å². The number of benzene rings is 5. The number of aromatic nitrogens is 5. The molecule has 0 aliphatic heterocycles. The van der Waals surface area contributed by atoms with Crippen LogP contribution in [0.25, 0.3) is 93.8 Å². The van der Waals surface area contributed by atoms with Gasteiger partial charge >= 0.3 is 0 Å². The maximum atomic E-state index is 5.43. The molecule has 0 aliphatic carbocycles. The molecule has 5 heterocycles. The molecule has 5 aromatic carbocycles. The molecule has 0 saturated heterocycles. The van der Waals surface area contributed by atoms with Gasteiger partial charge in [0.1, 0.15) is 16.7 Å². The molecule has 0 aliphatic rings. The zero-order valence-corrected chi connectivity index (χ0v) is 26.3. The molecule has 0 saturated carbocycles. The molecule has 0 N–H and O–H groups in total. The normalized spacial score (nSPS) is 11.7. The quantitative estimate of drug-likeness (QED) is 0.183. The van der Waals surface area contributed by atoms with Gasteiger partial charge in [0.15, 0.2) is 0 Å². The summed E-state index contributed by atoms with van der Waals surface area (Å²) < 4.78 is 2.18. The third kappa shape index (κ3) is 4.33. The van der Waals surface area contributed by atoms with E-state index >= 15 is 0 Å². The van der Waals surface area contributed by atoms with Crippen LogP contribution in [0.4, 0.5) is 0 Å². The average Bonchev–Trinajstić information content (AvgIpc) is 3.57. The van der Waals surface area contributed by atoms with Gasteiger partial charge in [0.05, 0.1) is 11.2 Å². The van der Waals surface area contributed by atoms with Gasteiger partial charge in [0, 0.05) is 53.1 Å². The van der Waals surface area contributed by atoms with Crippen LogP contribution in [0.3, 0.4) is 0 Å². The Bertz CT molecular complexity index is 2760. The molecule has 0 amide bonds. The summed E-state index contributed by atoms with van der Waals surface area (Å²) in [4.78, 5) is 19.5. The lowest BCUT2D eigenvalue weighted by molar-refractivity contribution is 1.22. The average molecular weight is 626 g/mol. The van der Waals surface area contributed by atoms with E-state index in [2.05, 4.69) is 136 Å². The number of nitrogens with zero attached hydrogens (tertiary/aromatic N) is 5. The van der Waals surface area contributed by atoms with Crippen molar-refractivity contribution in [1.82, 2.24) is 24.3 Å². The highest BCUT2D eigenvalue weighted by molar-refractivity contribution is 6.24. The van der Waals surface area contributed by atoms with Gasteiger partial charge in [-0.2, -0.15) is 0 Å². The molecular formula is C44H27N5. The van der Waals surface area contributed by atoms with Crippen molar-refractivity contribution < 1.29 is 0 Å². The fourth-order valence-electron chi connectivity index (χ4n) is 7.40. The monoisotopic (exact) mass is 625 g/mol. The molecule has 49 heavy (non-hydrogen) atoms. The van der Waals surface area contributed by atoms with Crippen molar-refractivity contribution in [2.45, 2.75) is 0 Å². The van der Waals surface area contributed by atoms with E-state index in [1.807, 2.05) is 43.0 Å². The van der Waals surface area contributed by atoms with E-state index in [4.69, 9.17) is 9.97 Å². The van der Waals surface area contributed by atoms with Crippen LogP contribution in [0.15, 0.2) is 164 Å². The maximum Gasteiger partial charge on any atom is 0.137 e. The number of para-hydroxylation sites is 1. The topological polar surface area (TPSA) is 56.0 Å². The van der Waals surface area contributed by atoms with Gasteiger partial charge in [-0.05, 0) is 92.3 Å². The van der Waals surface area contributed by atoms with Crippen molar-refractivity contribution in [3.8, 4) is 44.6 Å². The molecule has 5 nitrogen and oxygen atoms in total. The van der Waals surface area contributed by atoms with Crippen molar-refractivity contribution in [3.63, 3.8) is 0 Å². The van der Waals surface area contributed by atoms with E-state index in [9.17, 15) is 0 Å². The Labute approximate surface area is 281 Å². The molecule has 0 radical (unpaired) electrons. The molecule has 0 unspecified atom stereocenters. The first-order chi connectivity index (χ1) is 24.3. The van der Waals surface area contributed by atoms with Gasteiger partial charge in [-0.15, -0.1) is 0 Å². The summed E-state index contributed by atoms with van der Waals surface area (Å²) in [5, 5.41) is 5.65. The van der Waals surface area contributed by atoms with E-state index in [-0.39, 0.29) is 0 Å². The summed E-state index contributed by atoms with van der Waals surface area (Å²) >= 11 is 0. The highest BCUT2D eigenvalue weighted by atomic mass is 15.0. The minimum absolute atomic E-state index is 0.900. The third-order valence-electron chi connectivity index (χ3n) is 9.53. The van der Waals surface area contributed by atoms with Crippen LogP contribution < -0.4 is 0 Å².